The molecular weight excluding hydrogens is 428 g/mol. The number of rotatable bonds is 6. The van der Waals surface area contributed by atoms with Crippen molar-refractivity contribution in [1.82, 2.24) is 4.57 Å². The summed E-state index contributed by atoms with van der Waals surface area (Å²) >= 11 is 5.97. The topological polar surface area (TPSA) is 71.7 Å². The minimum Gasteiger partial charge on any atom is -0.497 e. The number of halogens is 1. The van der Waals surface area contributed by atoms with Crippen molar-refractivity contribution in [2.45, 2.75) is 20.0 Å². The van der Waals surface area contributed by atoms with Crippen LogP contribution in [0, 0.1) is 6.92 Å². The second-order valence-corrected chi connectivity index (χ2v) is 7.76. The fourth-order valence-electron chi connectivity index (χ4n) is 3.67. The molecule has 0 aliphatic heterocycles. The van der Waals surface area contributed by atoms with Gasteiger partial charge in [-0.05, 0) is 61.0 Å². The van der Waals surface area contributed by atoms with Gasteiger partial charge in [-0.1, -0.05) is 11.6 Å². The molecule has 0 aliphatic rings. The Morgan fingerprint density at radius 2 is 1.84 bits per heavy atom. The van der Waals surface area contributed by atoms with Crippen LogP contribution >= 0.6 is 11.6 Å². The monoisotopic (exact) mass is 449 g/mol. The molecule has 6 nitrogen and oxygen atoms in total. The van der Waals surface area contributed by atoms with Crippen LogP contribution in [0.1, 0.15) is 27.3 Å². The fraction of sp³-hybridized carbons (Fsp3) is 0.160. The van der Waals surface area contributed by atoms with Gasteiger partial charge in [0.1, 0.15) is 5.75 Å². The van der Waals surface area contributed by atoms with Crippen LogP contribution in [0.2, 0.25) is 5.02 Å². The number of esters is 1. The number of carbonyl (C=O) groups is 2. The molecule has 162 valence electrons. The number of nitrogens with zero attached hydrogens (tertiary/aromatic N) is 1. The minimum absolute atomic E-state index is 0.0310. The van der Waals surface area contributed by atoms with Crippen LogP contribution in [0.3, 0.4) is 0 Å². The van der Waals surface area contributed by atoms with Crippen LogP contribution in [-0.2, 0) is 22.6 Å². The smallest absolute Gasteiger partial charge is 0.310 e. The van der Waals surface area contributed by atoms with Gasteiger partial charge in [0.15, 0.2) is 12.8 Å². The van der Waals surface area contributed by atoms with Crippen molar-refractivity contribution in [3.05, 3.63) is 94.4 Å². The Bertz CT molecular complexity index is 1280. The highest BCUT2D eigenvalue weighted by atomic mass is 35.5. The Balaban J connectivity index is 1.69. The van der Waals surface area contributed by atoms with Crippen LogP contribution in [0.5, 0.6) is 5.75 Å². The maximum absolute atomic E-state index is 13.3. The number of hydrogen-bond acceptors (Lipinski definition) is 4. The summed E-state index contributed by atoms with van der Waals surface area (Å²) in [5.74, 6) is 0.0566. The predicted molar refractivity (Wildman–Crippen MR) is 121 cm³/mol. The normalized spacial score (nSPS) is 10.8. The average molecular weight is 450 g/mol. The van der Waals surface area contributed by atoms with E-state index >= 15 is 0 Å². The molecule has 0 atom stereocenters. The molecule has 7 heteroatoms. The largest absolute Gasteiger partial charge is 0.497 e. The van der Waals surface area contributed by atoms with Gasteiger partial charge in [0, 0.05) is 33.8 Å². The van der Waals surface area contributed by atoms with E-state index < -0.39 is 0 Å². The highest BCUT2D eigenvalue weighted by molar-refractivity contribution is 6.30. The number of benzene rings is 2. The number of nitrogens with one attached hydrogen (secondary N) is 1. The summed E-state index contributed by atoms with van der Waals surface area (Å²) in [6, 6.07) is 17.7. The van der Waals surface area contributed by atoms with E-state index in [1.807, 2.05) is 37.3 Å². The molecule has 4 aromatic rings. The van der Waals surface area contributed by atoms with Crippen LogP contribution in [0.4, 0.5) is 0 Å². The van der Waals surface area contributed by atoms with Gasteiger partial charge in [-0.15, -0.1) is 0 Å². The van der Waals surface area contributed by atoms with Gasteiger partial charge in [-0.25, -0.2) is 4.98 Å². The first-order valence-electron chi connectivity index (χ1n) is 10.1. The van der Waals surface area contributed by atoms with Gasteiger partial charge in [0.05, 0.1) is 19.0 Å². The van der Waals surface area contributed by atoms with E-state index in [4.69, 9.17) is 21.1 Å². The number of aromatic amines is 1. The fourth-order valence-corrected chi connectivity index (χ4v) is 3.80. The van der Waals surface area contributed by atoms with Crippen LogP contribution in [-0.4, -0.2) is 23.6 Å². The van der Waals surface area contributed by atoms with Gasteiger partial charge in [0.25, 0.3) is 5.91 Å². The SMILES string of the molecule is COc1ccc2c(c1)c(CC(=O)OCc1cccc[nH+]1)c(C)n2C(=O)c1ccc(Cl)cc1. The molecule has 0 radical (unpaired) electrons. The van der Waals surface area contributed by atoms with Crippen molar-refractivity contribution in [2.75, 3.05) is 7.11 Å². The van der Waals surface area contributed by atoms with Crippen LogP contribution in [0.15, 0.2) is 66.9 Å². The molecule has 0 spiro atoms. The van der Waals surface area contributed by atoms with Gasteiger partial charge in [-0.3, -0.25) is 14.2 Å². The van der Waals surface area contributed by atoms with E-state index in [1.165, 1.54) is 0 Å². The molecule has 4 rings (SSSR count). The van der Waals surface area contributed by atoms with Gasteiger partial charge >= 0.3 is 5.97 Å². The van der Waals surface area contributed by atoms with Crippen molar-refractivity contribution in [3.63, 3.8) is 0 Å². The van der Waals surface area contributed by atoms with Crippen molar-refractivity contribution < 1.29 is 24.0 Å². The lowest BCUT2D eigenvalue weighted by atomic mass is 10.1. The number of H-pyrrole nitrogens is 1. The third-order valence-corrected chi connectivity index (χ3v) is 5.57. The van der Waals surface area contributed by atoms with Crippen LogP contribution in [0.25, 0.3) is 10.9 Å². The van der Waals surface area contributed by atoms with E-state index in [2.05, 4.69) is 4.98 Å². The number of fused-ring (bicyclic) bond motifs is 1. The quantitative estimate of drug-likeness (QED) is 0.409. The molecule has 0 fully saturated rings. The van der Waals surface area contributed by atoms with Crippen LogP contribution < -0.4 is 9.72 Å². The summed E-state index contributed by atoms with van der Waals surface area (Å²) < 4.78 is 12.4. The molecular formula is C25H22ClN2O4+. The molecule has 1 N–H and O–H groups in total. The zero-order valence-corrected chi connectivity index (χ0v) is 18.5. The van der Waals surface area contributed by atoms with Crippen molar-refractivity contribution in [1.29, 1.82) is 0 Å². The Labute approximate surface area is 190 Å². The van der Waals surface area contributed by atoms with Gasteiger partial charge < -0.3 is 9.47 Å². The summed E-state index contributed by atoms with van der Waals surface area (Å²) in [4.78, 5) is 29.0. The van der Waals surface area contributed by atoms with Crippen molar-refractivity contribution in [3.8, 4) is 5.75 Å². The standard InChI is InChI=1S/C25H21ClN2O4/c1-16-21(14-24(29)32-15-19-5-3-4-12-27-19)22-13-20(31-2)10-11-23(22)28(16)25(30)17-6-8-18(26)9-7-17/h3-13H,14-15H2,1-2H3/p+1. The molecule has 2 aromatic heterocycles. The van der Waals surface area contributed by atoms with E-state index in [-0.39, 0.29) is 24.9 Å². The van der Waals surface area contributed by atoms with E-state index in [0.717, 1.165) is 16.6 Å². The first-order chi connectivity index (χ1) is 15.5. The predicted octanol–water partition coefficient (Wildman–Crippen LogP) is 4.40. The number of hydrogen-bond donors (Lipinski definition) is 0. The molecule has 0 unspecified atom stereocenters. The number of pyridine rings is 1. The highest BCUT2D eigenvalue weighted by Crippen LogP contribution is 2.31. The number of aromatic nitrogens is 2. The van der Waals surface area contributed by atoms with E-state index in [9.17, 15) is 9.59 Å². The second-order valence-electron chi connectivity index (χ2n) is 7.32. The lowest BCUT2D eigenvalue weighted by Crippen LogP contribution is -2.16. The lowest BCUT2D eigenvalue weighted by Gasteiger charge is -2.08. The Kier molecular flexibility index (Phi) is 6.23. The summed E-state index contributed by atoms with van der Waals surface area (Å²) in [6.07, 6.45) is 1.80. The zero-order chi connectivity index (χ0) is 22.7. The maximum Gasteiger partial charge on any atom is 0.310 e. The second kappa shape index (κ2) is 9.24. The number of methoxy groups -OCH3 is 1. The third kappa shape index (κ3) is 4.36. The molecule has 0 amide bonds. The third-order valence-electron chi connectivity index (χ3n) is 5.32. The van der Waals surface area contributed by atoms with E-state index in [0.29, 0.717) is 27.5 Å². The van der Waals surface area contributed by atoms with Crippen molar-refractivity contribution >= 4 is 34.4 Å². The first kappa shape index (κ1) is 21.6. The van der Waals surface area contributed by atoms with Gasteiger partial charge in [-0.2, -0.15) is 0 Å². The van der Waals surface area contributed by atoms with Crippen molar-refractivity contribution in [2.24, 2.45) is 0 Å². The summed E-state index contributed by atoms with van der Waals surface area (Å²) in [6.45, 7) is 1.97. The first-order valence-corrected chi connectivity index (χ1v) is 10.4. The minimum atomic E-state index is -0.383. The zero-order valence-electron chi connectivity index (χ0n) is 17.7. The molecule has 32 heavy (non-hydrogen) atoms. The molecule has 0 saturated carbocycles. The maximum atomic E-state index is 13.3. The number of carbonyl (C=O) groups excluding carboxylic acids is 2. The van der Waals surface area contributed by atoms with Gasteiger partial charge in [0.2, 0.25) is 5.69 Å². The average Bonchev–Trinajstić information content (AvgIpc) is 3.08. The van der Waals surface area contributed by atoms with E-state index in [1.54, 1.807) is 48.2 Å². The summed E-state index contributed by atoms with van der Waals surface area (Å²) in [7, 11) is 1.58. The highest BCUT2D eigenvalue weighted by Gasteiger charge is 2.22. The Hall–Kier alpha value is -3.64. The summed E-state index contributed by atoms with van der Waals surface area (Å²) in [5.41, 5.74) is 3.39. The Morgan fingerprint density at radius 1 is 1.06 bits per heavy atom. The number of ether oxygens (including phenoxy) is 2. The molecule has 0 aliphatic carbocycles. The molecule has 0 bridgehead atoms. The Morgan fingerprint density at radius 3 is 2.53 bits per heavy atom. The molecule has 2 aromatic carbocycles. The lowest BCUT2D eigenvalue weighted by molar-refractivity contribution is -0.395. The summed E-state index contributed by atoms with van der Waals surface area (Å²) in [5, 5.41) is 1.33. The molecule has 2 heterocycles. The molecule has 0 saturated heterocycles.